The zero-order valence-electron chi connectivity index (χ0n) is 66.9. The highest BCUT2D eigenvalue weighted by molar-refractivity contribution is 6.18. The molecule has 116 heavy (non-hydrogen) atoms. The first-order valence-electron chi connectivity index (χ1n) is 41.4. The van der Waals surface area contributed by atoms with Crippen LogP contribution < -0.4 is 47.4 Å². The highest BCUT2D eigenvalue weighted by Gasteiger charge is 2.26. The first-order chi connectivity index (χ1) is 57.5. The van der Waals surface area contributed by atoms with Gasteiger partial charge >= 0.3 is 0 Å². The molecule has 5 aliphatic rings. The summed E-state index contributed by atoms with van der Waals surface area (Å²) < 4.78 is 101. The van der Waals surface area contributed by atoms with Crippen molar-refractivity contribution in [3.05, 3.63) is 259 Å². The molecule has 9 aromatic carbocycles. The summed E-state index contributed by atoms with van der Waals surface area (Å²) in [7, 11) is 0. The normalized spacial score (nSPS) is 15.4. The fourth-order valence-corrected chi connectivity index (χ4v) is 15.6. The number of benzene rings is 9. The molecule has 0 amide bonds. The molecular weight excluding hydrogens is 1550 g/mol. The minimum atomic E-state index is 0.366. The second-order valence-corrected chi connectivity index (χ2v) is 30.4. The van der Waals surface area contributed by atoms with E-state index in [1.807, 2.05) is 24.3 Å². The van der Waals surface area contributed by atoms with E-state index in [9.17, 15) is 0 Å². The Morgan fingerprint density at radius 3 is 0.552 bits per heavy atom. The van der Waals surface area contributed by atoms with Crippen molar-refractivity contribution in [1.29, 1.82) is 0 Å². The van der Waals surface area contributed by atoms with Crippen LogP contribution in [0, 0.1) is 0 Å². The molecule has 3 heterocycles. The SMILES string of the molecule is ClCCCCOc1c2cccc1Cc1cccc3c1OCCOCCOCCOCCOCCOc1c(cccc1Cc1cccc(c1OCCCCCl)C3)C2.ClCCCCOc1c2cccc1Cc1cccc3c1OCCOCCOc1ccccc1OCCOCCOc1c(cccc1Cc1cccc(c1OCCCCCl)C3)C2. The summed E-state index contributed by atoms with van der Waals surface area (Å²) in [4.78, 5) is 0. The average molecular weight is 1660 g/mol. The molecule has 0 spiro atoms. The molecule has 2 aliphatic carbocycles. The third-order valence-corrected chi connectivity index (χ3v) is 21.5. The summed E-state index contributed by atoms with van der Waals surface area (Å²) >= 11 is 24.3. The van der Waals surface area contributed by atoms with E-state index in [1.165, 1.54) is 0 Å². The molecule has 620 valence electrons. The second kappa shape index (κ2) is 49.3. The molecular formula is C96H112Cl4O16. The molecule has 20 heteroatoms. The number of alkyl halides is 4. The molecule has 0 fully saturated rings. The lowest BCUT2D eigenvalue weighted by Crippen LogP contribution is -2.15. The maximum Gasteiger partial charge on any atom is 0.161 e. The Hall–Kier alpha value is -8.10. The minimum Gasteiger partial charge on any atom is -0.493 e. The monoisotopic (exact) mass is 1660 g/mol. The lowest BCUT2D eigenvalue weighted by Gasteiger charge is -2.23. The summed E-state index contributed by atoms with van der Waals surface area (Å²) in [5.41, 5.74) is 17.4. The van der Waals surface area contributed by atoms with Gasteiger partial charge in [0.05, 0.1) is 106 Å². The van der Waals surface area contributed by atoms with Gasteiger partial charge in [-0.3, -0.25) is 0 Å². The predicted octanol–water partition coefficient (Wildman–Crippen LogP) is 19.4. The third kappa shape index (κ3) is 26.4. The fourth-order valence-electron chi connectivity index (χ4n) is 14.8. The van der Waals surface area contributed by atoms with E-state index in [4.69, 9.17) is 122 Å². The van der Waals surface area contributed by atoms with Crippen LogP contribution in [0.5, 0.6) is 57.5 Å². The standard InChI is InChI=1S/C50H56Cl2O8.C46H56Cl2O8/c51-21-3-5-23-57-47-37-11-7-13-39(47)35-43-17-10-18-44-36-40-14-8-12-38(48(40)58-24-6-4-22-52)34-42-16-9-15-41(33-37)49(42)59-31-27-53-25-29-55-45-19-1-2-20-46(45)56-30-26-54-28-32-60-50(43)44;47-17-1-3-19-53-43-35-9-5-10-36(43)32-40-14-8-16-42-34-38-12-6-11-37(44(38)54-20-4-2-18-48)33-41-15-7-13-39(31-35)45(41)55-29-27-51-25-23-49-21-22-50-24-26-52-28-30-56-46(40)42/h1-2,7-20H,3-6,21-36H2;5-16H,1-4,17-34H2. The molecule has 0 atom stereocenters. The molecule has 14 rings (SSSR count). The number of halogens is 4. The zero-order valence-corrected chi connectivity index (χ0v) is 69.9. The second-order valence-electron chi connectivity index (χ2n) is 28.8. The van der Waals surface area contributed by atoms with Crippen LogP contribution in [0.2, 0.25) is 0 Å². The van der Waals surface area contributed by atoms with Crippen molar-refractivity contribution in [3.8, 4) is 57.5 Å². The smallest absolute Gasteiger partial charge is 0.161 e. The molecule has 0 unspecified atom stereocenters. The summed E-state index contributed by atoms with van der Waals surface area (Å²) in [5.74, 6) is 10.7. The van der Waals surface area contributed by atoms with Gasteiger partial charge in [-0.2, -0.15) is 0 Å². The van der Waals surface area contributed by atoms with E-state index in [0.29, 0.717) is 232 Å². The third-order valence-electron chi connectivity index (χ3n) is 20.4. The Kier molecular flexibility index (Phi) is 37.1. The highest BCUT2D eigenvalue weighted by Crippen LogP contribution is 2.43. The Morgan fingerprint density at radius 1 is 0.190 bits per heavy atom. The van der Waals surface area contributed by atoms with E-state index in [1.54, 1.807) is 0 Å². The molecule has 0 saturated heterocycles. The van der Waals surface area contributed by atoms with Crippen molar-refractivity contribution in [2.45, 2.75) is 103 Å². The van der Waals surface area contributed by atoms with Crippen LogP contribution in [0.4, 0.5) is 0 Å². The molecule has 0 N–H and O–H groups in total. The number of ether oxygens (including phenoxy) is 16. The van der Waals surface area contributed by atoms with Gasteiger partial charge in [-0.25, -0.2) is 0 Å². The van der Waals surface area contributed by atoms with Crippen LogP contribution in [0.1, 0.15) is 140 Å². The van der Waals surface area contributed by atoms with Crippen LogP contribution in [0.15, 0.2) is 170 Å². The topological polar surface area (TPSA) is 148 Å². The van der Waals surface area contributed by atoms with Gasteiger partial charge in [0, 0.05) is 74.9 Å². The molecule has 0 aromatic heterocycles. The molecule has 16 nitrogen and oxygen atoms in total. The van der Waals surface area contributed by atoms with E-state index < -0.39 is 0 Å². The van der Waals surface area contributed by atoms with Crippen molar-refractivity contribution in [2.24, 2.45) is 0 Å². The van der Waals surface area contributed by atoms with E-state index in [0.717, 1.165) is 186 Å². The summed E-state index contributed by atoms with van der Waals surface area (Å²) in [6.45, 7) is 9.90. The van der Waals surface area contributed by atoms with Crippen LogP contribution in [-0.4, -0.2) is 169 Å². The van der Waals surface area contributed by atoms with Crippen LogP contribution in [0.25, 0.3) is 0 Å². The summed E-state index contributed by atoms with van der Waals surface area (Å²) in [6.07, 6.45) is 12.0. The maximum absolute atomic E-state index is 6.75. The Morgan fingerprint density at radius 2 is 0.362 bits per heavy atom. The molecule has 3 aliphatic heterocycles. The largest absolute Gasteiger partial charge is 0.493 e. The van der Waals surface area contributed by atoms with Crippen molar-refractivity contribution in [2.75, 3.05) is 169 Å². The zero-order chi connectivity index (χ0) is 79.8. The van der Waals surface area contributed by atoms with E-state index in [-0.39, 0.29) is 0 Å². The van der Waals surface area contributed by atoms with Gasteiger partial charge in [-0.1, -0.05) is 158 Å². The number of unbranched alkanes of at least 4 members (excludes halogenated alkanes) is 4. The van der Waals surface area contributed by atoms with Crippen LogP contribution in [-0.2, 0) is 79.8 Å². The van der Waals surface area contributed by atoms with E-state index >= 15 is 0 Å². The quantitative estimate of drug-likeness (QED) is 0.0404. The van der Waals surface area contributed by atoms with Crippen molar-refractivity contribution < 1.29 is 75.8 Å². The highest BCUT2D eigenvalue weighted by atomic mass is 35.5. The lowest BCUT2D eigenvalue weighted by molar-refractivity contribution is -0.00706. The van der Waals surface area contributed by atoms with Crippen LogP contribution in [0.3, 0.4) is 0 Å². The molecule has 9 aromatic rings. The molecule has 20 bridgehead atoms. The number of para-hydroxylation sites is 10. The molecule has 0 radical (unpaired) electrons. The first kappa shape index (κ1) is 87.2. The van der Waals surface area contributed by atoms with Gasteiger partial charge in [0.15, 0.2) is 11.5 Å². The van der Waals surface area contributed by atoms with Crippen molar-refractivity contribution >= 4 is 46.4 Å². The van der Waals surface area contributed by atoms with Gasteiger partial charge in [0.2, 0.25) is 0 Å². The Balaban J connectivity index is 0.000000214. The molecule has 0 saturated carbocycles. The van der Waals surface area contributed by atoms with Gasteiger partial charge in [-0.15, -0.1) is 46.4 Å². The number of hydrogen-bond acceptors (Lipinski definition) is 16. The van der Waals surface area contributed by atoms with Gasteiger partial charge < -0.3 is 75.8 Å². The lowest BCUT2D eigenvalue weighted by atomic mass is 9.91. The fraction of sp³-hybridized carbons (Fsp3) is 0.438. The van der Waals surface area contributed by atoms with Gasteiger partial charge in [0.25, 0.3) is 0 Å². The van der Waals surface area contributed by atoms with Gasteiger partial charge in [0.1, 0.15) is 85.6 Å². The van der Waals surface area contributed by atoms with Crippen molar-refractivity contribution in [3.63, 3.8) is 0 Å². The predicted molar refractivity (Wildman–Crippen MR) is 460 cm³/mol. The Bertz CT molecular complexity index is 3990. The number of fused-ring (bicyclic) bond motifs is 14. The maximum atomic E-state index is 6.75. The first-order valence-corrected chi connectivity index (χ1v) is 43.5. The van der Waals surface area contributed by atoms with Crippen LogP contribution >= 0.6 is 46.4 Å². The van der Waals surface area contributed by atoms with E-state index in [2.05, 4.69) is 146 Å². The number of rotatable bonds is 20. The van der Waals surface area contributed by atoms with Crippen molar-refractivity contribution in [1.82, 2.24) is 0 Å². The Labute approximate surface area is 705 Å². The summed E-state index contributed by atoms with van der Waals surface area (Å²) in [6, 6.07) is 59.3. The summed E-state index contributed by atoms with van der Waals surface area (Å²) in [5, 5.41) is 0. The van der Waals surface area contributed by atoms with Gasteiger partial charge in [-0.05, 0) is 153 Å². The number of hydrogen-bond donors (Lipinski definition) is 0. The average Bonchev–Trinajstić information content (AvgIpc) is 0.795. The minimum absolute atomic E-state index is 0.366.